The summed E-state index contributed by atoms with van der Waals surface area (Å²) in [4.78, 5) is 11.8. The first-order valence-corrected chi connectivity index (χ1v) is 8.16. The second-order valence-corrected chi connectivity index (χ2v) is 5.38. The zero-order chi connectivity index (χ0) is 17.8. The van der Waals surface area contributed by atoms with Crippen LogP contribution in [0.3, 0.4) is 0 Å². The Kier molecular flexibility index (Phi) is 10.3. The predicted octanol–water partition coefficient (Wildman–Crippen LogP) is 2.14. The highest BCUT2D eigenvalue weighted by atomic mass is 16.7. The monoisotopic (exact) mass is 340 g/mol. The average molecular weight is 340 g/mol. The number of ether oxygens (including phenoxy) is 4. The van der Waals surface area contributed by atoms with Gasteiger partial charge in [-0.15, -0.1) is 0 Å². The third-order valence-electron chi connectivity index (χ3n) is 3.69. The lowest BCUT2D eigenvalue weighted by atomic mass is 9.96. The van der Waals surface area contributed by atoms with Crippen LogP contribution in [0.25, 0.3) is 0 Å². The van der Waals surface area contributed by atoms with Gasteiger partial charge >= 0.3 is 5.97 Å². The molecule has 0 fully saturated rings. The topological polar surface area (TPSA) is 74.2 Å². The number of rotatable bonds is 12. The van der Waals surface area contributed by atoms with Gasteiger partial charge in [0.15, 0.2) is 12.4 Å². The first-order chi connectivity index (χ1) is 11.6. The maximum Gasteiger partial charge on any atom is 0.335 e. The molecule has 0 spiro atoms. The molecule has 2 atom stereocenters. The van der Waals surface area contributed by atoms with Gasteiger partial charge in [-0.05, 0) is 25.3 Å². The van der Waals surface area contributed by atoms with Crippen molar-refractivity contribution in [3.05, 3.63) is 35.9 Å². The van der Waals surface area contributed by atoms with Crippen molar-refractivity contribution in [3.8, 4) is 0 Å². The van der Waals surface area contributed by atoms with Gasteiger partial charge in [-0.2, -0.15) is 0 Å². The van der Waals surface area contributed by atoms with E-state index in [9.17, 15) is 9.90 Å². The van der Waals surface area contributed by atoms with Crippen LogP contribution in [-0.2, 0) is 30.3 Å². The Labute approximate surface area is 143 Å². The van der Waals surface area contributed by atoms with Gasteiger partial charge in [-0.3, -0.25) is 0 Å². The van der Waals surface area contributed by atoms with Crippen molar-refractivity contribution in [3.63, 3.8) is 0 Å². The van der Waals surface area contributed by atoms with Crippen molar-refractivity contribution >= 4 is 5.97 Å². The lowest BCUT2D eigenvalue weighted by Crippen LogP contribution is -2.40. The molecule has 0 heterocycles. The summed E-state index contributed by atoms with van der Waals surface area (Å²) in [5.41, 5.74) is 1.10. The van der Waals surface area contributed by atoms with E-state index < -0.39 is 24.3 Å². The molecule has 136 valence electrons. The molecule has 0 aromatic heterocycles. The SMILES string of the molecule is CCOC(=O)[C@H](O)[C@H](CCCOCc1ccccc1)C(OC)OC. The van der Waals surface area contributed by atoms with Crippen LogP contribution in [-0.4, -0.2) is 50.9 Å². The predicted molar refractivity (Wildman–Crippen MR) is 89.3 cm³/mol. The van der Waals surface area contributed by atoms with Crippen LogP contribution in [0.1, 0.15) is 25.3 Å². The van der Waals surface area contributed by atoms with Gasteiger partial charge < -0.3 is 24.1 Å². The van der Waals surface area contributed by atoms with Crippen LogP contribution in [0.15, 0.2) is 30.3 Å². The molecule has 1 aromatic rings. The van der Waals surface area contributed by atoms with Gasteiger partial charge in [0.25, 0.3) is 0 Å². The molecule has 0 aliphatic carbocycles. The summed E-state index contributed by atoms with van der Waals surface area (Å²) in [6.45, 7) is 2.96. The lowest BCUT2D eigenvalue weighted by molar-refractivity contribution is -0.184. The largest absolute Gasteiger partial charge is 0.464 e. The minimum absolute atomic E-state index is 0.216. The number of methoxy groups -OCH3 is 2. The van der Waals surface area contributed by atoms with E-state index in [1.807, 2.05) is 30.3 Å². The molecule has 24 heavy (non-hydrogen) atoms. The van der Waals surface area contributed by atoms with Crippen molar-refractivity contribution in [2.45, 2.75) is 38.8 Å². The van der Waals surface area contributed by atoms with Gasteiger partial charge in [-0.25, -0.2) is 4.79 Å². The maximum absolute atomic E-state index is 11.8. The summed E-state index contributed by atoms with van der Waals surface area (Å²) in [6, 6.07) is 9.89. The van der Waals surface area contributed by atoms with Crippen molar-refractivity contribution in [1.82, 2.24) is 0 Å². The Morgan fingerprint density at radius 1 is 1.17 bits per heavy atom. The summed E-state index contributed by atoms with van der Waals surface area (Å²) in [5.74, 6) is -1.17. The Bertz CT molecular complexity index is 446. The zero-order valence-electron chi connectivity index (χ0n) is 14.6. The fourth-order valence-corrected chi connectivity index (χ4v) is 2.48. The number of carbonyl (C=O) groups is 1. The van der Waals surface area contributed by atoms with Crippen LogP contribution in [0.4, 0.5) is 0 Å². The van der Waals surface area contributed by atoms with E-state index in [0.29, 0.717) is 26.1 Å². The van der Waals surface area contributed by atoms with Gasteiger partial charge in [0.2, 0.25) is 0 Å². The molecule has 0 amide bonds. The van der Waals surface area contributed by atoms with Crippen LogP contribution >= 0.6 is 0 Å². The van der Waals surface area contributed by atoms with Gasteiger partial charge in [0.1, 0.15) is 0 Å². The number of aliphatic hydroxyl groups excluding tert-OH is 1. The zero-order valence-corrected chi connectivity index (χ0v) is 14.6. The molecule has 0 radical (unpaired) electrons. The number of hydrogen-bond acceptors (Lipinski definition) is 6. The number of carbonyl (C=O) groups excluding carboxylic acids is 1. The Balaban J connectivity index is 2.45. The third kappa shape index (κ3) is 6.97. The first kappa shape index (κ1) is 20.6. The van der Waals surface area contributed by atoms with Gasteiger partial charge in [0.05, 0.1) is 13.2 Å². The molecular weight excluding hydrogens is 312 g/mol. The summed E-state index contributed by atoms with van der Waals surface area (Å²) >= 11 is 0. The van der Waals surface area contributed by atoms with E-state index in [4.69, 9.17) is 18.9 Å². The number of esters is 1. The number of hydrogen-bond donors (Lipinski definition) is 1. The summed E-state index contributed by atoms with van der Waals surface area (Å²) in [6.07, 6.45) is -0.791. The molecule has 0 saturated heterocycles. The number of aliphatic hydroxyl groups is 1. The molecular formula is C18H28O6. The molecule has 1 N–H and O–H groups in total. The summed E-state index contributed by atoms with van der Waals surface area (Å²) < 4.78 is 20.9. The molecule has 0 bridgehead atoms. The van der Waals surface area contributed by atoms with Crippen molar-refractivity contribution in [2.24, 2.45) is 5.92 Å². The van der Waals surface area contributed by atoms with Crippen molar-refractivity contribution < 1.29 is 28.8 Å². The standard InChI is InChI=1S/C18H28O6/c1-4-24-17(20)16(19)15(18(21-2)22-3)11-8-12-23-13-14-9-6-5-7-10-14/h5-7,9-10,15-16,18-19H,4,8,11-13H2,1-3H3/t15-,16+/m0/s1. The Morgan fingerprint density at radius 3 is 2.42 bits per heavy atom. The average Bonchev–Trinajstić information content (AvgIpc) is 2.61. The van der Waals surface area contributed by atoms with Crippen molar-refractivity contribution in [1.29, 1.82) is 0 Å². The van der Waals surface area contributed by atoms with E-state index in [1.165, 1.54) is 14.2 Å². The second-order valence-electron chi connectivity index (χ2n) is 5.38. The lowest BCUT2D eigenvalue weighted by Gasteiger charge is -2.27. The van der Waals surface area contributed by atoms with Crippen molar-refractivity contribution in [2.75, 3.05) is 27.4 Å². The molecule has 0 aliphatic heterocycles. The summed E-state index contributed by atoms with van der Waals surface area (Å²) in [7, 11) is 2.95. The molecule has 0 aliphatic rings. The minimum Gasteiger partial charge on any atom is -0.464 e. The van der Waals surface area contributed by atoms with E-state index >= 15 is 0 Å². The molecule has 1 rings (SSSR count). The van der Waals surface area contributed by atoms with Crippen LogP contribution in [0, 0.1) is 5.92 Å². The van der Waals surface area contributed by atoms with E-state index in [1.54, 1.807) is 6.92 Å². The third-order valence-corrected chi connectivity index (χ3v) is 3.69. The minimum atomic E-state index is -1.29. The highest BCUT2D eigenvalue weighted by molar-refractivity contribution is 5.74. The number of benzene rings is 1. The fraction of sp³-hybridized carbons (Fsp3) is 0.611. The fourth-order valence-electron chi connectivity index (χ4n) is 2.48. The highest BCUT2D eigenvalue weighted by Crippen LogP contribution is 2.21. The Morgan fingerprint density at radius 2 is 1.83 bits per heavy atom. The summed E-state index contributed by atoms with van der Waals surface area (Å²) in [5, 5.41) is 10.2. The molecule has 0 saturated carbocycles. The van der Waals surface area contributed by atoms with E-state index in [-0.39, 0.29) is 6.61 Å². The normalized spacial score (nSPS) is 13.7. The van der Waals surface area contributed by atoms with Crippen LogP contribution < -0.4 is 0 Å². The maximum atomic E-state index is 11.8. The van der Waals surface area contributed by atoms with Crippen LogP contribution in [0.2, 0.25) is 0 Å². The van der Waals surface area contributed by atoms with Gasteiger partial charge in [-0.1, -0.05) is 30.3 Å². The molecule has 0 unspecified atom stereocenters. The Hall–Kier alpha value is -1.47. The van der Waals surface area contributed by atoms with Gasteiger partial charge in [0, 0.05) is 26.7 Å². The molecule has 6 nitrogen and oxygen atoms in total. The highest BCUT2D eigenvalue weighted by Gasteiger charge is 2.34. The first-order valence-electron chi connectivity index (χ1n) is 8.16. The van der Waals surface area contributed by atoms with Crippen LogP contribution in [0.5, 0.6) is 0 Å². The molecule has 1 aromatic carbocycles. The second kappa shape index (κ2) is 12.0. The molecule has 6 heteroatoms. The quantitative estimate of drug-likeness (QED) is 0.357. The van der Waals surface area contributed by atoms with E-state index in [2.05, 4.69) is 0 Å². The smallest absolute Gasteiger partial charge is 0.335 e. The van der Waals surface area contributed by atoms with E-state index in [0.717, 1.165) is 5.56 Å².